The molecule has 2 aliphatic rings. The average Bonchev–Trinajstić information content (AvgIpc) is 3.78. The Balaban J connectivity index is 1.38. The van der Waals surface area contributed by atoms with E-state index in [-0.39, 0.29) is 64.9 Å². The number of anilines is 1. The minimum atomic E-state index is -4.56. The van der Waals surface area contributed by atoms with E-state index in [1.807, 2.05) is 6.07 Å². The Hall–Kier alpha value is -4.27. The Morgan fingerprint density at radius 3 is 2.44 bits per heavy atom. The molecule has 2 aliphatic heterocycles. The summed E-state index contributed by atoms with van der Waals surface area (Å²) >= 11 is 12.2. The highest BCUT2D eigenvalue weighted by Gasteiger charge is 2.53. The van der Waals surface area contributed by atoms with E-state index in [1.165, 1.54) is 35.5 Å². The molecule has 4 atom stereocenters. The third-order valence-corrected chi connectivity index (χ3v) is 11.3. The SMILES string of the molecule is CCOC(=O)[C@H](Cc1ccc(NC(=O)c2c(Cl)cncc2Cl)cc1)NC(=O)C1CC(N2CCCC2C(F)(F)F)CN1S(=O)(=O)c1cccc(C#N)c1. The number of pyridine rings is 1. The van der Waals surface area contributed by atoms with Gasteiger partial charge in [0.2, 0.25) is 15.9 Å². The number of ether oxygens (including phenoxy) is 1. The highest BCUT2D eigenvalue weighted by atomic mass is 35.5. The number of aromatic nitrogens is 1. The third-order valence-electron chi connectivity index (χ3n) is 8.87. The van der Waals surface area contributed by atoms with Gasteiger partial charge < -0.3 is 15.4 Å². The maximum Gasteiger partial charge on any atom is 0.404 e. The predicted molar refractivity (Wildman–Crippen MR) is 184 cm³/mol. The lowest BCUT2D eigenvalue weighted by Gasteiger charge is -2.31. The van der Waals surface area contributed by atoms with E-state index < -0.39 is 64.7 Å². The number of alkyl halides is 3. The zero-order chi connectivity index (χ0) is 37.8. The molecule has 5 rings (SSSR count). The van der Waals surface area contributed by atoms with E-state index in [4.69, 9.17) is 27.9 Å². The number of carbonyl (C=O) groups excluding carboxylic acids is 3. The summed E-state index contributed by atoms with van der Waals surface area (Å²) in [5, 5.41) is 14.7. The normalized spacial score (nSPS) is 20.2. The van der Waals surface area contributed by atoms with Crippen LogP contribution in [0.5, 0.6) is 0 Å². The maximum atomic E-state index is 14.0. The quantitative estimate of drug-likeness (QED) is 0.256. The van der Waals surface area contributed by atoms with Crippen molar-refractivity contribution in [3.05, 3.63) is 87.7 Å². The molecule has 12 nitrogen and oxygen atoms in total. The number of nitrogens with one attached hydrogen (secondary N) is 2. The number of sulfonamides is 1. The smallest absolute Gasteiger partial charge is 0.404 e. The van der Waals surface area contributed by atoms with Crippen molar-refractivity contribution in [1.29, 1.82) is 5.26 Å². The van der Waals surface area contributed by atoms with E-state index in [9.17, 15) is 41.2 Å². The molecule has 0 saturated carbocycles. The van der Waals surface area contributed by atoms with Crippen LogP contribution in [0.15, 0.2) is 65.8 Å². The number of amides is 2. The van der Waals surface area contributed by atoms with Crippen molar-refractivity contribution in [1.82, 2.24) is 19.5 Å². The second-order valence-electron chi connectivity index (χ2n) is 12.2. The van der Waals surface area contributed by atoms with Crippen molar-refractivity contribution in [2.45, 2.75) is 67.8 Å². The van der Waals surface area contributed by atoms with Crippen LogP contribution in [0.3, 0.4) is 0 Å². The first-order valence-electron chi connectivity index (χ1n) is 16.1. The van der Waals surface area contributed by atoms with Gasteiger partial charge in [0.25, 0.3) is 5.91 Å². The van der Waals surface area contributed by atoms with Crippen molar-refractivity contribution in [2.24, 2.45) is 0 Å². The molecule has 3 aromatic rings. The number of halogens is 5. The molecule has 0 radical (unpaired) electrons. The molecule has 2 fully saturated rings. The Morgan fingerprint density at radius 1 is 1.12 bits per heavy atom. The largest absolute Gasteiger partial charge is 0.464 e. The van der Waals surface area contributed by atoms with Gasteiger partial charge in [-0.2, -0.15) is 22.7 Å². The predicted octanol–water partition coefficient (Wildman–Crippen LogP) is 4.96. The molecule has 3 heterocycles. The van der Waals surface area contributed by atoms with Gasteiger partial charge in [-0.05, 0) is 68.6 Å². The fraction of sp³-hybridized carbons (Fsp3) is 0.382. The first kappa shape index (κ1) is 38.9. The van der Waals surface area contributed by atoms with Crippen molar-refractivity contribution in [3.63, 3.8) is 0 Å². The second-order valence-corrected chi connectivity index (χ2v) is 14.9. The van der Waals surface area contributed by atoms with Crippen LogP contribution >= 0.6 is 23.2 Å². The summed E-state index contributed by atoms with van der Waals surface area (Å²) in [6.45, 7) is 1.17. The third kappa shape index (κ3) is 8.67. The molecule has 0 spiro atoms. The van der Waals surface area contributed by atoms with E-state index in [1.54, 1.807) is 31.2 Å². The van der Waals surface area contributed by atoms with Crippen LogP contribution in [-0.4, -0.2) is 90.4 Å². The van der Waals surface area contributed by atoms with Gasteiger partial charge in [0.1, 0.15) is 18.1 Å². The van der Waals surface area contributed by atoms with Gasteiger partial charge in [0, 0.05) is 37.1 Å². The molecule has 0 aliphatic carbocycles. The van der Waals surface area contributed by atoms with Gasteiger partial charge in [-0.1, -0.05) is 41.4 Å². The van der Waals surface area contributed by atoms with Crippen LogP contribution in [0.25, 0.3) is 0 Å². The summed E-state index contributed by atoms with van der Waals surface area (Å²) in [5.41, 5.74) is 0.928. The number of nitrogens with zero attached hydrogens (tertiary/aromatic N) is 4. The number of likely N-dealkylation sites (tertiary alicyclic amines) is 1. The van der Waals surface area contributed by atoms with Crippen molar-refractivity contribution < 1.29 is 40.7 Å². The lowest BCUT2D eigenvalue weighted by molar-refractivity contribution is -0.180. The first-order valence-corrected chi connectivity index (χ1v) is 18.3. The molecule has 276 valence electrons. The topological polar surface area (TPSA) is 162 Å². The first-order chi connectivity index (χ1) is 24.6. The zero-order valence-corrected chi connectivity index (χ0v) is 29.9. The van der Waals surface area contributed by atoms with Gasteiger partial charge in [-0.3, -0.25) is 19.5 Å². The Labute approximate surface area is 307 Å². The summed E-state index contributed by atoms with van der Waals surface area (Å²) in [4.78, 5) is 44.6. The molecule has 52 heavy (non-hydrogen) atoms. The minimum absolute atomic E-state index is 0.0223. The molecule has 2 aromatic carbocycles. The molecule has 1 aromatic heterocycles. The minimum Gasteiger partial charge on any atom is -0.464 e. The zero-order valence-electron chi connectivity index (χ0n) is 27.6. The lowest BCUT2D eigenvalue weighted by atomic mass is 10.0. The molecule has 0 bridgehead atoms. The molecular weight excluding hydrogens is 748 g/mol. The lowest BCUT2D eigenvalue weighted by Crippen LogP contribution is -2.51. The Morgan fingerprint density at radius 2 is 1.81 bits per heavy atom. The number of hydrogen-bond donors (Lipinski definition) is 2. The number of carbonyl (C=O) groups is 3. The number of nitriles is 1. The van der Waals surface area contributed by atoms with E-state index in [0.29, 0.717) is 11.3 Å². The van der Waals surface area contributed by atoms with Gasteiger partial charge in [-0.15, -0.1) is 0 Å². The summed E-state index contributed by atoms with van der Waals surface area (Å²) in [5.74, 6) is -2.32. The van der Waals surface area contributed by atoms with E-state index in [2.05, 4.69) is 15.6 Å². The summed E-state index contributed by atoms with van der Waals surface area (Å²) in [6.07, 6.45) is -2.32. The fourth-order valence-electron chi connectivity index (χ4n) is 6.45. The van der Waals surface area contributed by atoms with E-state index in [0.717, 1.165) is 10.4 Å². The Bertz CT molecular complexity index is 1960. The molecule has 2 amide bonds. The number of rotatable bonds is 11. The Kier molecular flexibility index (Phi) is 12.1. The maximum absolute atomic E-state index is 14.0. The van der Waals surface area contributed by atoms with Crippen LogP contribution in [-0.2, 0) is 30.8 Å². The van der Waals surface area contributed by atoms with Crippen molar-refractivity contribution in [2.75, 3.05) is 25.0 Å². The van der Waals surface area contributed by atoms with E-state index >= 15 is 0 Å². The van der Waals surface area contributed by atoms with Crippen LogP contribution < -0.4 is 10.6 Å². The second kappa shape index (κ2) is 16.2. The number of esters is 1. The van der Waals surface area contributed by atoms with Crippen molar-refractivity contribution in [3.8, 4) is 6.07 Å². The van der Waals surface area contributed by atoms with Gasteiger partial charge in [0.05, 0.1) is 38.7 Å². The molecule has 2 saturated heterocycles. The van der Waals surface area contributed by atoms with Crippen LogP contribution in [0.2, 0.25) is 10.0 Å². The van der Waals surface area contributed by atoms with Crippen molar-refractivity contribution >= 4 is 56.7 Å². The average molecular weight is 782 g/mol. The summed E-state index contributed by atoms with van der Waals surface area (Å²) in [7, 11) is -4.50. The summed E-state index contributed by atoms with van der Waals surface area (Å²) < 4.78 is 75.9. The van der Waals surface area contributed by atoms with Crippen LogP contribution in [0.4, 0.5) is 18.9 Å². The summed E-state index contributed by atoms with van der Waals surface area (Å²) in [6, 6.07) is 7.64. The van der Waals surface area contributed by atoms with Gasteiger partial charge in [0.15, 0.2) is 0 Å². The standard InChI is InChI=1S/C34H33Cl2F3N6O6S/c1-2-51-33(48)27(14-20-8-10-22(11-9-20)42-32(47)30-25(35)17-41-18-26(30)36)43-31(46)28-15-23(44-12-4-7-29(44)34(37,38)39)19-45(28)52(49,50)24-6-3-5-21(13-24)16-40/h3,5-6,8-11,13,17-18,23,27-29H,2,4,7,12,14-15,19H2,1H3,(H,42,47)(H,43,46)/t23?,27-,28?,29?/m0/s1. The highest BCUT2D eigenvalue weighted by molar-refractivity contribution is 7.89. The van der Waals surface area contributed by atoms with Crippen LogP contribution in [0, 0.1) is 11.3 Å². The monoisotopic (exact) mass is 780 g/mol. The molecular formula is C34H33Cl2F3N6O6S. The molecule has 18 heteroatoms. The highest BCUT2D eigenvalue weighted by Crippen LogP contribution is 2.38. The van der Waals surface area contributed by atoms with Gasteiger partial charge in [-0.25, -0.2) is 13.2 Å². The van der Waals surface area contributed by atoms with Gasteiger partial charge >= 0.3 is 12.1 Å². The molecule has 2 N–H and O–H groups in total. The fourth-order valence-corrected chi connectivity index (χ4v) is 8.67. The van der Waals surface area contributed by atoms with Crippen LogP contribution in [0.1, 0.15) is 47.7 Å². The number of benzene rings is 2. The number of hydrogen-bond acceptors (Lipinski definition) is 9. The molecule has 3 unspecified atom stereocenters.